The van der Waals surface area contributed by atoms with Crippen molar-refractivity contribution in [2.24, 2.45) is 0 Å². The number of aryl methyl sites for hydroxylation is 1. The molecule has 1 aromatic rings. The first kappa shape index (κ1) is 12.9. The van der Waals surface area contributed by atoms with E-state index >= 15 is 0 Å². The Balaban J connectivity index is 2.14. The lowest BCUT2D eigenvalue weighted by Crippen LogP contribution is -2.18. The summed E-state index contributed by atoms with van der Waals surface area (Å²) in [6.45, 7) is 10.8. The quantitative estimate of drug-likeness (QED) is 0.769. The lowest BCUT2D eigenvalue weighted by molar-refractivity contribution is 0.687. The minimum atomic E-state index is 0.746. The van der Waals surface area contributed by atoms with Gasteiger partial charge >= 0.3 is 0 Å². The normalized spacial score (nSPS) is 14.3. The number of hydrogen-bond acceptors (Lipinski definition) is 2. The third-order valence-electron chi connectivity index (χ3n) is 3.47. The van der Waals surface area contributed by atoms with Crippen molar-refractivity contribution in [1.29, 1.82) is 0 Å². The topological polar surface area (TPSA) is 15.3 Å². The van der Waals surface area contributed by atoms with Gasteiger partial charge in [0.25, 0.3) is 0 Å². The number of allylic oxidation sites excluding steroid dienone is 1. The van der Waals surface area contributed by atoms with Gasteiger partial charge in [0.2, 0.25) is 0 Å². The minimum absolute atomic E-state index is 0.746. The summed E-state index contributed by atoms with van der Waals surface area (Å²) in [7, 11) is 2.03. The van der Waals surface area contributed by atoms with E-state index < -0.39 is 0 Å². The van der Waals surface area contributed by atoms with Gasteiger partial charge in [-0.15, -0.1) is 0 Å². The summed E-state index contributed by atoms with van der Waals surface area (Å²) in [6, 6.07) is 7.35. The van der Waals surface area contributed by atoms with Gasteiger partial charge in [-0.25, -0.2) is 0 Å². The molecular formula is C16H22N2. The molecule has 18 heavy (non-hydrogen) atoms. The fourth-order valence-electron chi connectivity index (χ4n) is 1.97. The number of nitrogens with one attached hydrogen (secondary N) is 1. The van der Waals surface area contributed by atoms with Gasteiger partial charge in [-0.1, -0.05) is 25.3 Å². The Labute approximate surface area is 110 Å². The molecule has 0 aromatic heterocycles. The average molecular weight is 242 g/mol. The maximum absolute atomic E-state index is 4.00. The van der Waals surface area contributed by atoms with Gasteiger partial charge in [0.05, 0.1) is 0 Å². The first-order valence-corrected chi connectivity index (χ1v) is 6.50. The highest BCUT2D eigenvalue weighted by Crippen LogP contribution is 2.24. The van der Waals surface area contributed by atoms with Gasteiger partial charge < -0.3 is 10.2 Å². The maximum Gasteiger partial charge on any atom is 0.0440 e. The molecule has 1 saturated carbocycles. The van der Waals surface area contributed by atoms with Crippen molar-refractivity contribution < 1.29 is 0 Å². The second-order valence-corrected chi connectivity index (χ2v) is 5.03. The molecule has 0 unspecified atom stereocenters. The molecule has 2 rings (SSSR count). The van der Waals surface area contributed by atoms with Crippen molar-refractivity contribution in [3.8, 4) is 0 Å². The molecule has 0 aliphatic heterocycles. The number of anilines is 1. The molecule has 1 aliphatic carbocycles. The highest BCUT2D eigenvalue weighted by atomic mass is 15.1. The number of rotatable bonds is 6. The minimum Gasteiger partial charge on any atom is -0.345 e. The lowest BCUT2D eigenvalue weighted by Gasteiger charge is -2.22. The van der Waals surface area contributed by atoms with Crippen LogP contribution >= 0.6 is 0 Å². The zero-order chi connectivity index (χ0) is 13.1. The third-order valence-corrected chi connectivity index (χ3v) is 3.47. The van der Waals surface area contributed by atoms with Crippen molar-refractivity contribution in [2.45, 2.75) is 32.4 Å². The van der Waals surface area contributed by atoms with Gasteiger partial charge in [0.15, 0.2) is 0 Å². The van der Waals surface area contributed by atoms with E-state index in [2.05, 4.69) is 48.5 Å². The number of likely N-dealkylation sites (N-methyl/N-ethyl adjacent to an activating group) is 1. The molecule has 96 valence electrons. The predicted molar refractivity (Wildman–Crippen MR) is 78.8 cm³/mol. The van der Waals surface area contributed by atoms with E-state index in [1.54, 1.807) is 6.08 Å². The predicted octanol–water partition coefficient (Wildman–Crippen LogP) is 3.38. The zero-order valence-corrected chi connectivity index (χ0v) is 11.4. The summed E-state index contributed by atoms with van der Waals surface area (Å²) in [5, 5.41) is 3.54. The Morgan fingerprint density at radius 1 is 1.50 bits per heavy atom. The first-order valence-electron chi connectivity index (χ1n) is 6.50. The molecule has 1 N–H and O–H groups in total. The first-order chi connectivity index (χ1) is 8.61. The van der Waals surface area contributed by atoms with Crippen LogP contribution in [0.1, 0.15) is 24.0 Å². The van der Waals surface area contributed by atoms with Gasteiger partial charge in [0.1, 0.15) is 0 Å². The zero-order valence-electron chi connectivity index (χ0n) is 11.4. The lowest BCUT2D eigenvalue weighted by atomic mass is 10.1. The third kappa shape index (κ3) is 3.02. The van der Waals surface area contributed by atoms with Crippen molar-refractivity contribution >= 4 is 5.69 Å². The Hall–Kier alpha value is -1.54. The highest BCUT2D eigenvalue weighted by molar-refractivity contribution is 5.59. The molecule has 0 bridgehead atoms. The average Bonchev–Trinajstić information content (AvgIpc) is 3.20. The van der Waals surface area contributed by atoms with Crippen molar-refractivity contribution in [3.63, 3.8) is 0 Å². The van der Waals surface area contributed by atoms with Crippen LogP contribution in [-0.4, -0.2) is 13.1 Å². The molecule has 1 aromatic carbocycles. The molecule has 0 heterocycles. The van der Waals surface area contributed by atoms with E-state index in [4.69, 9.17) is 0 Å². The van der Waals surface area contributed by atoms with E-state index in [0.29, 0.717) is 0 Å². The Morgan fingerprint density at radius 3 is 2.83 bits per heavy atom. The van der Waals surface area contributed by atoms with Gasteiger partial charge in [-0.3, -0.25) is 0 Å². The molecule has 2 heteroatoms. The van der Waals surface area contributed by atoms with Crippen LogP contribution in [0.5, 0.6) is 0 Å². The number of benzene rings is 1. The van der Waals surface area contributed by atoms with Crippen LogP contribution in [0.2, 0.25) is 0 Å². The van der Waals surface area contributed by atoms with Crippen LogP contribution in [0.4, 0.5) is 5.69 Å². The summed E-state index contributed by atoms with van der Waals surface area (Å²) in [6.07, 6.45) is 4.44. The molecule has 2 nitrogen and oxygen atoms in total. The standard InChI is InChI=1S/C16H22N2/c1-5-13(3)18(4)16-10-14(7-6-12(16)2)11-17-15-8-9-15/h5-7,10,15,17H,1,3,8-9,11H2,2,4H3. The summed E-state index contributed by atoms with van der Waals surface area (Å²) in [5.74, 6) is 0. The summed E-state index contributed by atoms with van der Waals surface area (Å²) in [4.78, 5) is 2.09. The van der Waals surface area contributed by atoms with Crippen molar-refractivity contribution in [3.05, 3.63) is 54.3 Å². The largest absolute Gasteiger partial charge is 0.345 e. The molecule has 0 radical (unpaired) electrons. The highest BCUT2D eigenvalue weighted by Gasteiger charge is 2.20. The molecule has 0 spiro atoms. The summed E-state index contributed by atoms with van der Waals surface area (Å²) >= 11 is 0. The van der Waals surface area contributed by atoms with Crippen molar-refractivity contribution in [1.82, 2.24) is 5.32 Å². The van der Waals surface area contributed by atoms with E-state index in [1.807, 2.05) is 7.05 Å². The van der Waals surface area contributed by atoms with Crippen LogP contribution in [-0.2, 0) is 6.54 Å². The van der Waals surface area contributed by atoms with Crippen LogP contribution in [0.15, 0.2) is 43.1 Å². The molecule has 1 fully saturated rings. The smallest absolute Gasteiger partial charge is 0.0440 e. The summed E-state index contributed by atoms with van der Waals surface area (Å²) in [5.41, 5.74) is 4.71. The van der Waals surface area contributed by atoms with E-state index in [0.717, 1.165) is 18.3 Å². The fraction of sp³-hybridized carbons (Fsp3) is 0.375. The number of hydrogen-bond donors (Lipinski definition) is 1. The van der Waals surface area contributed by atoms with Crippen LogP contribution < -0.4 is 10.2 Å². The van der Waals surface area contributed by atoms with Gasteiger partial charge in [-0.2, -0.15) is 0 Å². The molecule has 0 amide bonds. The second-order valence-electron chi connectivity index (χ2n) is 5.03. The van der Waals surface area contributed by atoms with Crippen LogP contribution in [0, 0.1) is 6.92 Å². The van der Waals surface area contributed by atoms with E-state index in [-0.39, 0.29) is 0 Å². The van der Waals surface area contributed by atoms with Crippen LogP contribution in [0.25, 0.3) is 0 Å². The number of nitrogens with zero attached hydrogens (tertiary/aromatic N) is 1. The summed E-state index contributed by atoms with van der Waals surface area (Å²) < 4.78 is 0. The Morgan fingerprint density at radius 2 is 2.22 bits per heavy atom. The van der Waals surface area contributed by atoms with Gasteiger partial charge in [-0.05, 0) is 43.0 Å². The van der Waals surface area contributed by atoms with Gasteiger partial charge in [0, 0.05) is 31.0 Å². The molecule has 0 saturated heterocycles. The fourth-order valence-corrected chi connectivity index (χ4v) is 1.97. The monoisotopic (exact) mass is 242 g/mol. The SMILES string of the molecule is C=CC(=C)N(C)c1cc(CNC2CC2)ccc1C. The van der Waals surface area contributed by atoms with Crippen molar-refractivity contribution in [2.75, 3.05) is 11.9 Å². The van der Waals surface area contributed by atoms with Crippen LogP contribution in [0.3, 0.4) is 0 Å². The Bertz CT molecular complexity index is 458. The van der Waals surface area contributed by atoms with E-state index in [1.165, 1.54) is 29.7 Å². The maximum atomic E-state index is 4.00. The molecule has 1 aliphatic rings. The molecule has 0 atom stereocenters. The second kappa shape index (κ2) is 5.40. The van der Waals surface area contributed by atoms with E-state index in [9.17, 15) is 0 Å². The molecular weight excluding hydrogens is 220 g/mol. The Kier molecular flexibility index (Phi) is 3.87.